The molecule has 0 aliphatic rings. The first-order valence-corrected chi connectivity index (χ1v) is 11.4. The Hall–Kier alpha value is -2.62. The van der Waals surface area contributed by atoms with Gasteiger partial charge in [-0.2, -0.15) is 0 Å². The number of carbonyl (C=O) groups excluding carboxylic acids is 1. The number of amides is 1. The number of aryl methyl sites for hydroxylation is 1. The van der Waals surface area contributed by atoms with Crippen LogP contribution < -0.4 is 4.90 Å². The second-order valence-electron chi connectivity index (χ2n) is 6.75. The minimum atomic E-state index is -0.427. The van der Waals surface area contributed by atoms with E-state index in [2.05, 4.69) is 29.8 Å². The maximum atomic E-state index is 13.0. The van der Waals surface area contributed by atoms with Crippen molar-refractivity contribution in [1.82, 2.24) is 9.88 Å². The van der Waals surface area contributed by atoms with Crippen LogP contribution in [0.2, 0.25) is 0 Å². The van der Waals surface area contributed by atoms with Gasteiger partial charge < -0.3 is 4.90 Å². The average molecular weight is 445 g/mol. The summed E-state index contributed by atoms with van der Waals surface area (Å²) in [6, 6.07) is 9.15. The average Bonchev–Trinajstić information content (AvgIpc) is 3.36. The molecule has 0 unspecified atom stereocenters. The van der Waals surface area contributed by atoms with Crippen molar-refractivity contribution < 1.29 is 9.72 Å². The lowest BCUT2D eigenvalue weighted by molar-refractivity contribution is -0.380. The molecule has 0 aliphatic heterocycles. The molecule has 0 saturated heterocycles. The zero-order valence-corrected chi connectivity index (χ0v) is 18.8. The lowest BCUT2D eigenvalue weighted by Crippen LogP contribution is -2.38. The molecule has 1 aromatic carbocycles. The summed E-state index contributed by atoms with van der Waals surface area (Å²) in [7, 11) is 0. The first-order valence-electron chi connectivity index (χ1n) is 9.74. The van der Waals surface area contributed by atoms with E-state index in [1.54, 1.807) is 17.0 Å². The number of hydrogen-bond acceptors (Lipinski definition) is 7. The quantitative estimate of drug-likeness (QED) is 0.265. The molecule has 0 radical (unpaired) electrons. The minimum absolute atomic E-state index is 0.0574. The Balaban J connectivity index is 1.85. The van der Waals surface area contributed by atoms with Gasteiger partial charge in [-0.3, -0.25) is 19.8 Å². The predicted octanol–water partition coefficient (Wildman–Crippen LogP) is 4.96. The molecule has 158 valence electrons. The monoisotopic (exact) mass is 444 g/mol. The third-order valence-electron chi connectivity index (χ3n) is 4.75. The summed E-state index contributed by atoms with van der Waals surface area (Å²) in [6.07, 6.45) is 3.09. The molecule has 7 nitrogen and oxygen atoms in total. The minimum Gasteiger partial charge on any atom is -0.302 e. The van der Waals surface area contributed by atoms with E-state index in [0.717, 1.165) is 46.8 Å². The summed E-state index contributed by atoms with van der Waals surface area (Å²) in [5.41, 5.74) is 2.03. The van der Waals surface area contributed by atoms with Gasteiger partial charge in [-0.05, 0) is 49.9 Å². The molecule has 0 aliphatic carbocycles. The molecule has 30 heavy (non-hydrogen) atoms. The molecular formula is C21H24N4O3S2. The van der Waals surface area contributed by atoms with E-state index in [9.17, 15) is 14.9 Å². The molecule has 0 bridgehead atoms. The van der Waals surface area contributed by atoms with Gasteiger partial charge in [0.1, 0.15) is 0 Å². The topological polar surface area (TPSA) is 79.6 Å². The molecule has 2 heterocycles. The number of fused-ring (bicyclic) bond motifs is 1. The Morgan fingerprint density at radius 3 is 2.60 bits per heavy atom. The number of nitro groups is 1. The van der Waals surface area contributed by atoms with Crippen LogP contribution in [0.25, 0.3) is 16.3 Å². The molecule has 0 spiro atoms. The van der Waals surface area contributed by atoms with Crippen molar-refractivity contribution in [2.24, 2.45) is 0 Å². The smallest absolute Gasteiger partial charge is 0.302 e. The van der Waals surface area contributed by atoms with Crippen LogP contribution in [-0.2, 0) is 4.79 Å². The van der Waals surface area contributed by atoms with E-state index in [0.29, 0.717) is 16.6 Å². The second-order valence-corrected chi connectivity index (χ2v) is 8.85. The van der Waals surface area contributed by atoms with Crippen molar-refractivity contribution in [3.8, 4) is 0 Å². The molecule has 0 atom stereocenters. The van der Waals surface area contributed by atoms with E-state index in [4.69, 9.17) is 0 Å². The Labute approximate surface area is 183 Å². The van der Waals surface area contributed by atoms with Gasteiger partial charge >= 0.3 is 5.00 Å². The maximum absolute atomic E-state index is 13.0. The molecule has 0 fully saturated rings. The summed E-state index contributed by atoms with van der Waals surface area (Å²) < 4.78 is 1.04. The van der Waals surface area contributed by atoms with Crippen LogP contribution in [0.5, 0.6) is 0 Å². The number of thiophene rings is 1. The molecule has 0 N–H and O–H groups in total. The third-order valence-corrected chi connectivity index (χ3v) is 6.79. The fourth-order valence-electron chi connectivity index (χ4n) is 2.99. The number of hydrogen-bond donors (Lipinski definition) is 0. The fraction of sp³-hybridized carbons (Fsp3) is 0.333. The number of rotatable bonds is 9. The second kappa shape index (κ2) is 9.92. The largest absolute Gasteiger partial charge is 0.324 e. The van der Waals surface area contributed by atoms with Crippen LogP contribution >= 0.6 is 22.7 Å². The van der Waals surface area contributed by atoms with Gasteiger partial charge in [0.2, 0.25) is 0 Å². The van der Waals surface area contributed by atoms with Crippen molar-refractivity contribution in [3.63, 3.8) is 0 Å². The van der Waals surface area contributed by atoms with Crippen molar-refractivity contribution in [3.05, 3.63) is 57.0 Å². The first kappa shape index (κ1) is 22.1. The highest BCUT2D eigenvalue weighted by Crippen LogP contribution is 2.30. The molecule has 3 aromatic rings. The third kappa shape index (κ3) is 5.29. The summed E-state index contributed by atoms with van der Waals surface area (Å²) in [4.78, 5) is 32.8. The Morgan fingerprint density at radius 2 is 1.93 bits per heavy atom. The lowest BCUT2D eigenvalue weighted by Gasteiger charge is -2.23. The van der Waals surface area contributed by atoms with E-state index in [-0.39, 0.29) is 10.9 Å². The summed E-state index contributed by atoms with van der Waals surface area (Å²) in [5, 5.41) is 11.6. The summed E-state index contributed by atoms with van der Waals surface area (Å²) in [5.74, 6) is -0.186. The molecule has 1 amide bonds. The molecule has 0 saturated carbocycles. The number of thiazole rings is 1. The highest BCUT2D eigenvalue weighted by atomic mass is 32.1. The SMILES string of the molecule is CCN(CC)CCN(C(=O)/C=C/c1ccc([N+](=O)[O-])s1)c1nc2ccc(C)cc2s1. The standard InChI is InChI=1S/C21H24N4O3S2/c1-4-23(5-2)12-13-24(21-22-17-9-6-15(3)14-18(17)30-21)19(26)10-7-16-8-11-20(29-16)25(27)28/h6-11,14H,4-5,12-13H2,1-3H3/b10-7+. The van der Waals surface area contributed by atoms with Gasteiger partial charge in [0.15, 0.2) is 5.13 Å². The van der Waals surface area contributed by atoms with Crippen LogP contribution in [0.15, 0.2) is 36.4 Å². The highest BCUT2D eigenvalue weighted by Gasteiger charge is 2.19. The zero-order valence-electron chi connectivity index (χ0n) is 17.2. The Bertz CT molecular complexity index is 1070. The van der Waals surface area contributed by atoms with Crippen LogP contribution in [0.4, 0.5) is 10.1 Å². The van der Waals surface area contributed by atoms with E-state index in [1.165, 1.54) is 23.5 Å². The Kier molecular flexibility index (Phi) is 7.30. The van der Waals surface area contributed by atoms with Crippen LogP contribution in [0.1, 0.15) is 24.3 Å². The maximum Gasteiger partial charge on any atom is 0.324 e. The zero-order chi connectivity index (χ0) is 21.7. The summed E-state index contributed by atoms with van der Waals surface area (Å²) in [6.45, 7) is 9.31. The van der Waals surface area contributed by atoms with E-state index in [1.807, 2.05) is 19.1 Å². The molecule has 2 aromatic heterocycles. The van der Waals surface area contributed by atoms with Crippen LogP contribution in [-0.4, -0.2) is 46.9 Å². The van der Waals surface area contributed by atoms with Gasteiger partial charge in [-0.1, -0.05) is 42.6 Å². The van der Waals surface area contributed by atoms with Gasteiger partial charge in [0.25, 0.3) is 5.91 Å². The van der Waals surface area contributed by atoms with Crippen LogP contribution in [0.3, 0.4) is 0 Å². The first-order chi connectivity index (χ1) is 14.4. The Morgan fingerprint density at radius 1 is 1.17 bits per heavy atom. The van der Waals surface area contributed by atoms with Gasteiger partial charge in [0, 0.05) is 30.1 Å². The molecule has 9 heteroatoms. The summed E-state index contributed by atoms with van der Waals surface area (Å²) >= 11 is 2.54. The van der Waals surface area contributed by atoms with Crippen molar-refractivity contribution >= 4 is 55.0 Å². The number of aromatic nitrogens is 1. The number of carbonyl (C=O) groups is 1. The number of anilines is 1. The number of nitrogens with zero attached hydrogens (tertiary/aromatic N) is 4. The van der Waals surface area contributed by atoms with Gasteiger partial charge in [-0.25, -0.2) is 4.98 Å². The van der Waals surface area contributed by atoms with Crippen molar-refractivity contribution in [1.29, 1.82) is 0 Å². The van der Waals surface area contributed by atoms with Crippen molar-refractivity contribution in [2.75, 3.05) is 31.1 Å². The fourth-order valence-corrected chi connectivity index (χ4v) is 4.81. The predicted molar refractivity (Wildman–Crippen MR) is 125 cm³/mol. The number of benzene rings is 1. The van der Waals surface area contributed by atoms with E-state index < -0.39 is 4.92 Å². The van der Waals surface area contributed by atoms with Crippen LogP contribution in [0, 0.1) is 17.0 Å². The highest BCUT2D eigenvalue weighted by molar-refractivity contribution is 7.22. The van der Waals surface area contributed by atoms with Gasteiger partial charge in [0.05, 0.1) is 15.1 Å². The van der Waals surface area contributed by atoms with Crippen molar-refractivity contribution in [2.45, 2.75) is 20.8 Å². The molecular weight excluding hydrogens is 420 g/mol. The van der Waals surface area contributed by atoms with E-state index >= 15 is 0 Å². The van der Waals surface area contributed by atoms with Gasteiger partial charge in [-0.15, -0.1) is 0 Å². The molecule has 3 rings (SSSR count). The normalized spacial score (nSPS) is 11.6. The lowest BCUT2D eigenvalue weighted by atomic mass is 10.2. The number of likely N-dealkylation sites (N-methyl/N-ethyl adjacent to an activating group) is 1.